The average molecular weight is 350 g/mol. The topological polar surface area (TPSA) is 61.4 Å². The van der Waals surface area contributed by atoms with Crippen molar-refractivity contribution in [2.24, 2.45) is 0 Å². The first-order valence-electron chi connectivity index (χ1n) is 7.24. The average Bonchev–Trinajstić information content (AvgIpc) is 3.12. The molecule has 3 amide bonds. The Morgan fingerprint density at radius 1 is 1.30 bits per heavy atom. The van der Waals surface area contributed by atoms with Crippen LogP contribution in [0.25, 0.3) is 0 Å². The second-order valence-electron chi connectivity index (χ2n) is 5.34. The van der Waals surface area contributed by atoms with Gasteiger partial charge in [-0.3, -0.25) is 10.1 Å². The van der Waals surface area contributed by atoms with E-state index >= 15 is 0 Å². The van der Waals surface area contributed by atoms with E-state index in [9.17, 15) is 9.59 Å². The minimum atomic E-state index is -0.287. The Hall–Kier alpha value is -2.05. The maximum absolute atomic E-state index is 12.1. The number of halogens is 1. The summed E-state index contributed by atoms with van der Waals surface area (Å²) in [6, 6.07) is 10.7. The predicted octanol–water partition coefficient (Wildman–Crippen LogP) is 3.32. The number of benzene rings is 1. The van der Waals surface area contributed by atoms with Gasteiger partial charge in [-0.05, 0) is 29.1 Å². The molecule has 1 aromatic heterocycles. The maximum atomic E-state index is 12.1. The molecule has 2 aromatic rings. The van der Waals surface area contributed by atoms with E-state index in [1.165, 1.54) is 11.3 Å². The molecule has 7 heteroatoms. The molecule has 0 saturated carbocycles. The van der Waals surface area contributed by atoms with Gasteiger partial charge in [-0.25, -0.2) is 4.79 Å². The summed E-state index contributed by atoms with van der Waals surface area (Å²) in [7, 11) is 0. The fraction of sp³-hybridized carbons (Fsp3) is 0.250. The van der Waals surface area contributed by atoms with Crippen molar-refractivity contribution in [3.8, 4) is 0 Å². The van der Waals surface area contributed by atoms with Gasteiger partial charge in [-0.1, -0.05) is 29.8 Å². The van der Waals surface area contributed by atoms with E-state index in [0.29, 0.717) is 24.5 Å². The minimum absolute atomic E-state index is 0.0198. The van der Waals surface area contributed by atoms with Crippen LogP contribution >= 0.6 is 22.9 Å². The molecule has 5 nitrogen and oxygen atoms in total. The fourth-order valence-corrected chi connectivity index (χ4v) is 3.34. The molecule has 1 aliphatic rings. The molecule has 1 unspecified atom stereocenters. The van der Waals surface area contributed by atoms with E-state index in [2.05, 4.69) is 10.6 Å². The molecule has 0 radical (unpaired) electrons. The van der Waals surface area contributed by atoms with Crippen molar-refractivity contribution in [2.45, 2.75) is 19.0 Å². The first-order chi connectivity index (χ1) is 11.1. The molecule has 1 aromatic carbocycles. The summed E-state index contributed by atoms with van der Waals surface area (Å²) in [6.07, 6.45) is 0.308. The van der Waals surface area contributed by atoms with Gasteiger partial charge in [-0.2, -0.15) is 0 Å². The van der Waals surface area contributed by atoms with Gasteiger partial charge in [0.25, 0.3) is 0 Å². The van der Waals surface area contributed by atoms with Crippen LogP contribution in [-0.4, -0.2) is 29.4 Å². The maximum Gasteiger partial charge on any atom is 0.320 e. The molecule has 120 valence electrons. The van der Waals surface area contributed by atoms with Crippen LogP contribution in [0.2, 0.25) is 5.02 Å². The third-order valence-corrected chi connectivity index (χ3v) is 4.78. The van der Waals surface area contributed by atoms with Crippen LogP contribution in [0.4, 0.5) is 9.80 Å². The highest BCUT2D eigenvalue weighted by Gasteiger charge is 2.30. The first kappa shape index (κ1) is 15.8. The molecule has 0 spiro atoms. The lowest BCUT2D eigenvalue weighted by atomic mass is 10.2. The third kappa shape index (κ3) is 4.03. The summed E-state index contributed by atoms with van der Waals surface area (Å²) in [4.78, 5) is 25.8. The second-order valence-corrected chi connectivity index (χ2v) is 6.70. The van der Waals surface area contributed by atoms with Crippen LogP contribution < -0.4 is 10.6 Å². The molecule has 3 rings (SSSR count). The van der Waals surface area contributed by atoms with Crippen LogP contribution in [0.1, 0.15) is 12.0 Å². The zero-order chi connectivity index (χ0) is 16.2. The highest BCUT2D eigenvalue weighted by molar-refractivity contribution is 7.14. The largest absolute Gasteiger partial charge is 0.336 e. The van der Waals surface area contributed by atoms with Crippen LogP contribution in [-0.2, 0) is 11.3 Å². The molecule has 1 fully saturated rings. The molecule has 0 bridgehead atoms. The van der Waals surface area contributed by atoms with Crippen molar-refractivity contribution >= 4 is 39.9 Å². The van der Waals surface area contributed by atoms with E-state index in [4.69, 9.17) is 11.6 Å². The predicted molar refractivity (Wildman–Crippen MR) is 91.7 cm³/mol. The number of anilines is 1. The van der Waals surface area contributed by atoms with Crippen LogP contribution in [0.15, 0.2) is 41.8 Å². The van der Waals surface area contributed by atoms with Gasteiger partial charge in [0.15, 0.2) is 0 Å². The fourth-order valence-electron chi connectivity index (χ4n) is 2.54. The van der Waals surface area contributed by atoms with Crippen molar-refractivity contribution in [2.75, 3.05) is 11.9 Å². The lowest BCUT2D eigenvalue weighted by Gasteiger charge is -2.18. The van der Waals surface area contributed by atoms with Gasteiger partial charge in [-0.15, -0.1) is 11.3 Å². The molecular formula is C16H16ClN3O2S. The van der Waals surface area contributed by atoms with Gasteiger partial charge in [0, 0.05) is 24.5 Å². The number of carbonyl (C=O) groups excluding carboxylic acids is 2. The lowest BCUT2D eigenvalue weighted by Crippen LogP contribution is -2.39. The van der Waals surface area contributed by atoms with E-state index in [0.717, 1.165) is 10.6 Å². The van der Waals surface area contributed by atoms with E-state index in [1.54, 1.807) is 4.90 Å². The second kappa shape index (κ2) is 7.02. The number of thiophene rings is 1. The smallest absolute Gasteiger partial charge is 0.320 e. The monoisotopic (exact) mass is 349 g/mol. The van der Waals surface area contributed by atoms with Crippen LogP contribution in [0, 0.1) is 0 Å². The van der Waals surface area contributed by atoms with Crippen molar-refractivity contribution in [1.29, 1.82) is 0 Å². The quantitative estimate of drug-likeness (QED) is 0.889. The number of hydrogen-bond donors (Lipinski definition) is 2. The van der Waals surface area contributed by atoms with Crippen LogP contribution in [0.3, 0.4) is 0 Å². The SMILES string of the molecule is O=C(Nc1cccs1)NC1CC(=O)N(Cc2ccccc2Cl)C1. The Morgan fingerprint density at radius 2 is 2.13 bits per heavy atom. The van der Waals surface area contributed by atoms with Crippen molar-refractivity contribution < 1.29 is 9.59 Å². The summed E-state index contributed by atoms with van der Waals surface area (Å²) in [5, 5.41) is 8.91. The number of likely N-dealkylation sites (tertiary alicyclic amines) is 1. The molecule has 2 N–H and O–H groups in total. The van der Waals surface area contributed by atoms with E-state index in [-0.39, 0.29) is 18.0 Å². The Balaban J connectivity index is 1.55. The third-order valence-electron chi connectivity index (χ3n) is 3.63. The normalized spacial score (nSPS) is 17.3. The number of rotatable bonds is 4. The molecule has 2 heterocycles. The summed E-state index contributed by atoms with van der Waals surface area (Å²) in [5.74, 6) is 0.0198. The van der Waals surface area contributed by atoms with Gasteiger partial charge in [0.2, 0.25) is 5.91 Å². The number of hydrogen-bond acceptors (Lipinski definition) is 3. The highest BCUT2D eigenvalue weighted by Crippen LogP contribution is 2.21. The first-order valence-corrected chi connectivity index (χ1v) is 8.50. The molecular weight excluding hydrogens is 334 g/mol. The number of urea groups is 1. The number of carbonyl (C=O) groups is 2. The zero-order valence-electron chi connectivity index (χ0n) is 12.3. The van der Waals surface area contributed by atoms with Crippen molar-refractivity contribution in [3.63, 3.8) is 0 Å². The van der Waals surface area contributed by atoms with Crippen LogP contribution in [0.5, 0.6) is 0 Å². The Labute approximate surface area is 143 Å². The van der Waals surface area contributed by atoms with Gasteiger partial charge in [0.05, 0.1) is 11.0 Å². The summed E-state index contributed by atoms with van der Waals surface area (Å²) < 4.78 is 0. The Kier molecular flexibility index (Phi) is 4.83. The van der Waals surface area contributed by atoms with Crippen molar-refractivity contribution in [3.05, 3.63) is 52.4 Å². The molecule has 1 aliphatic heterocycles. The Bertz CT molecular complexity index is 705. The lowest BCUT2D eigenvalue weighted by molar-refractivity contribution is -0.128. The standard InChI is InChI=1S/C16H16ClN3O2S/c17-13-5-2-1-4-11(13)9-20-10-12(8-15(20)21)18-16(22)19-14-6-3-7-23-14/h1-7,12H,8-10H2,(H2,18,19,22). The summed E-state index contributed by atoms with van der Waals surface area (Å²) in [6.45, 7) is 0.950. The highest BCUT2D eigenvalue weighted by atomic mass is 35.5. The number of nitrogens with one attached hydrogen (secondary N) is 2. The van der Waals surface area contributed by atoms with E-state index < -0.39 is 0 Å². The molecule has 1 atom stereocenters. The zero-order valence-corrected chi connectivity index (χ0v) is 13.9. The van der Waals surface area contributed by atoms with Gasteiger partial charge < -0.3 is 10.2 Å². The minimum Gasteiger partial charge on any atom is -0.336 e. The molecule has 1 saturated heterocycles. The summed E-state index contributed by atoms with van der Waals surface area (Å²) >= 11 is 7.58. The van der Waals surface area contributed by atoms with E-state index in [1.807, 2.05) is 41.8 Å². The number of amides is 3. The molecule has 0 aliphatic carbocycles. The van der Waals surface area contributed by atoms with Gasteiger partial charge >= 0.3 is 6.03 Å². The van der Waals surface area contributed by atoms with Crippen molar-refractivity contribution in [1.82, 2.24) is 10.2 Å². The molecule has 23 heavy (non-hydrogen) atoms. The Morgan fingerprint density at radius 3 is 2.87 bits per heavy atom. The number of nitrogens with zero attached hydrogens (tertiary/aromatic N) is 1. The summed E-state index contributed by atoms with van der Waals surface area (Å²) in [5.41, 5.74) is 0.909. The van der Waals surface area contributed by atoms with Gasteiger partial charge in [0.1, 0.15) is 0 Å².